The second-order valence-electron chi connectivity index (χ2n) is 9.12. The molecular weight excluding hydrogens is 454 g/mol. The molecule has 0 aromatic heterocycles. The number of nitro groups is 1. The van der Waals surface area contributed by atoms with Crippen molar-refractivity contribution in [2.75, 3.05) is 7.11 Å². The Morgan fingerprint density at radius 1 is 1.11 bits per heavy atom. The number of hydrogen-bond acceptors (Lipinski definition) is 8. The smallest absolute Gasteiger partial charge is 0.337 e. The molecule has 2 atom stereocenters. The number of ether oxygens (including phenoxy) is 2. The van der Waals surface area contributed by atoms with Gasteiger partial charge in [-0.15, -0.1) is 0 Å². The second-order valence-corrected chi connectivity index (χ2v) is 9.12. The van der Waals surface area contributed by atoms with Crippen LogP contribution >= 0.6 is 0 Å². The third kappa shape index (κ3) is 6.68. The van der Waals surface area contributed by atoms with Crippen LogP contribution in [0.15, 0.2) is 46.8 Å². The van der Waals surface area contributed by atoms with Crippen LogP contribution in [-0.4, -0.2) is 42.0 Å². The van der Waals surface area contributed by atoms with E-state index >= 15 is 0 Å². The summed E-state index contributed by atoms with van der Waals surface area (Å²) in [6.45, 7) is 10.6. The van der Waals surface area contributed by atoms with Gasteiger partial charge in [-0.1, -0.05) is 26.0 Å². The number of esters is 2. The third-order valence-corrected chi connectivity index (χ3v) is 5.48. The van der Waals surface area contributed by atoms with E-state index in [0.717, 1.165) is 0 Å². The van der Waals surface area contributed by atoms with E-state index in [0.29, 0.717) is 23.4 Å². The maximum absolute atomic E-state index is 13.6. The van der Waals surface area contributed by atoms with Crippen molar-refractivity contribution in [2.45, 2.75) is 66.0 Å². The standard InChI is InChI=1S/C25H33N3O7/c1-13(2)11-19(24(30)34-7)27-23(29)20-15(5)26-16(6)21(25(31)35-14(3)4)22(20)17-9-8-10-18(12-17)28(32)33/h8-10,12-14,19,22,26H,11H2,1-7H3,(H,27,29)/t19-,22-/m1/s1. The molecule has 0 unspecified atom stereocenters. The number of benzene rings is 1. The molecule has 0 aliphatic carbocycles. The molecule has 0 saturated carbocycles. The number of amides is 1. The lowest BCUT2D eigenvalue weighted by molar-refractivity contribution is -0.384. The summed E-state index contributed by atoms with van der Waals surface area (Å²) in [7, 11) is 1.24. The minimum Gasteiger partial charge on any atom is -0.467 e. The SMILES string of the molecule is COC(=O)[C@@H](CC(C)C)NC(=O)C1=C(C)NC(C)=C(C(=O)OC(C)C)[C@@H]1c1cccc([N+](=O)[O-])c1. The van der Waals surface area contributed by atoms with E-state index in [1.165, 1.54) is 25.3 Å². The fraction of sp³-hybridized carbons (Fsp3) is 0.480. The van der Waals surface area contributed by atoms with E-state index in [2.05, 4.69) is 10.6 Å². The molecule has 10 nitrogen and oxygen atoms in total. The fourth-order valence-corrected chi connectivity index (χ4v) is 4.06. The van der Waals surface area contributed by atoms with Crippen LogP contribution in [0.25, 0.3) is 0 Å². The van der Waals surface area contributed by atoms with Crippen LogP contribution in [0.2, 0.25) is 0 Å². The van der Waals surface area contributed by atoms with Crippen LogP contribution in [-0.2, 0) is 23.9 Å². The van der Waals surface area contributed by atoms with Crippen LogP contribution in [0.1, 0.15) is 59.4 Å². The predicted octanol–water partition coefficient (Wildman–Crippen LogP) is 3.49. The fourth-order valence-electron chi connectivity index (χ4n) is 4.06. The average Bonchev–Trinajstić information content (AvgIpc) is 2.76. The Morgan fingerprint density at radius 3 is 2.29 bits per heavy atom. The van der Waals surface area contributed by atoms with Gasteiger partial charge in [-0.3, -0.25) is 14.9 Å². The highest BCUT2D eigenvalue weighted by Gasteiger charge is 2.39. The van der Waals surface area contributed by atoms with E-state index < -0.39 is 40.8 Å². The molecule has 10 heteroatoms. The van der Waals surface area contributed by atoms with Gasteiger partial charge in [0.15, 0.2) is 0 Å². The second kappa shape index (κ2) is 11.6. The Hall–Kier alpha value is -3.69. The van der Waals surface area contributed by atoms with Crippen LogP contribution < -0.4 is 10.6 Å². The number of dihydropyridines is 1. The van der Waals surface area contributed by atoms with Gasteiger partial charge < -0.3 is 20.1 Å². The molecule has 2 N–H and O–H groups in total. The molecule has 1 heterocycles. The topological polar surface area (TPSA) is 137 Å². The first-order valence-electron chi connectivity index (χ1n) is 11.4. The zero-order valence-electron chi connectivity index (χ0n) is 21.1. The van der Waals surface area contributed by atoms with E-state index in [-0.39, 0.29) is 22.8 Å². The molecule has 0 bridgehead atoms. The highest BCUT2D eigenvalue weighted by molar-refractivity contribution is 6.03. The molecule has 0 spiro atoms. The summed E-state index contributed by atoms with van der Waals surface area (Å²) in [5.41, 5.74) is 1.43. The predicted molar refractivity (Wildman–Crippen MR) is 129 cm³/mol. The Labute approximate surface area is 204 Å². The molecule has 35 heavy (non-hydrogen) atoms. The van der Waals surface area contributed by atoms with Crippen LogP contribution in [0.3, 0.4) is 0 Å². The van der Waals surface area contributed by atoms with Gasteiger partial charge in [-0.05, 0) is 45.6 Å². The van der Waals surface area contributed by atoms with Crippen molar-refractivity contribution >= 4 is 23.5 Å². The van der Waals surface area contributed by atoms with Gasteiger partial charge in [-0.25, -0.2) is 9.59 Å². The summed E-state index contributed by atoms with van der Waals surface area (Å²) in [6, 6.07) is 4.87. The molecule has 0 saturated heterocycles. The van der Waals surface area contributed by atoms with Crippen molar-refractivity contribution in [3.63, 3.8) is 0 Å². The molecule has 190 valence electrons. The number of non-ortho nitro benzene ring substituents is 1. The number of hydrogen-bond donors (Lipinski definition) is 2. The largest absolute Gasteiger partial charge is 0.467 e. The highest BCUT2D eigenvalue weighted by atomic mass is 16.6. The number of nitro benzene ring substituents is 1. The van der Waals surface area contributed by atoms with Crippen LogP contribution in [0.5, 0.6) is 0 Å². The van der Waals surface area contributed by atoms with Crippen molar-refractivity contribution in [3.8, 4) is 0 Å². The summed E-state index contributed by atoms with van der Waals surface area (Å²) < 4.78 is 10.3. The molecule has 0 radical (unpaired) electrons. The van der Waals surface area contributed by atoms with Crippen molar-refractivity contribution < 1.29 is 28.8 Å². The third-order valence-electron chi connectivity index (χ3n) is 5.48. The van der Waals surface area contributed by atoms with Crippen molar-refractivity contribution in [1.82, 2.24) is 10.6 Å². The van der Waals surface area contributed by atoms with E-state index in [4.69, 9.17) is 9.47 Å². The Balaban J connectivity index is 2.64. The van der Waals surface area contributed by atoms with Gasteiger partial charge >= 0.3 is 11.9 Å². The van der Waals surface area contributed by atoms with Gasteiger partial charge in [0.25, 0.3) is 11.6 Å². The first kappa shape index (κ1) is 27.6. The lowest BCUT2D eigenvalue weighted by atomic mass is 9.79. The van der Waals surface area contributed by atoms with Gasteiger partial charge in [0.1, 0.15) is 6.04 Å². The Morgan fingerprint density at radius 2 is 1.74 bits per heavy atom. The zero-order chi connectivity index (χ0) is 26.4. The summed E-state index contributed by atoms with van der Waals surface area (Å²) in [5, 5.41) is 17.2. The van der Waals surface area contributed by atoms with Gasteiger partial charge in [-0.2, -0.15) is 0 Å². The van der Waals surface area contributed by atoms with E-state index in [9.17, 15) is 24.5 Å². The van der Waals surface area contributed by atoms with Crippen molar-refractivity contribution in [2.24, 2.45) is 5.92 Å². The normalized spacial score (nSPS) is 16.7. The monoisotopic (exact) mass is 487 g/mol. The summed E-state index contributed by atoms with van der Waals surface area (Å²) >= 11 is 0. The quantitative estimate of drug-likeness (QED) is 0.307. The molecular formula is C25H33N3O7. The number of nitrogens with zero attached hydrogens (tertiary/aromatic N) is 1. The first-order chi connectivity index (χ1) is 16.4. The van der Waals surface area contributed by atoms with Crippen LogP contribution in [0.4, 0.5) is 5.69 Å². The number of carbonyl (C=O) groups excluding carboxylic acids is 3. The number of rotatable bonds is 9. The lowest BCUT2D eigenvalue weighted by Crippen LogP contribution is -2.45. The molecule has 2 rings (SSSR count). The summed E-state index contributed by atoms with van der Waals surface area (Å²) in [4.78, 5) is 50.0. The minimum atomic E-state index is -0.959. The number of allylic oxidation sites excluding steroid dienone is 2. The van der Waals surface area contributed by atoms with Crippen molar-refractivity contribution in [1.29, 1.82) is 0 Å². The molecule has 0 fully saturated rings. The lowest BCUT2D eigenvalue weighted by Gasteiger charge is -2.32. The Bertz CT molecular complexity index is 1070. The minimum absolute atomic E-state index is 0.0882. The van der Waals surface area contributed by atoms with Gasteiger partial charge in [0.05, 0.1) is 29.6 Å². The van der Waals surface area contributed by atoms with Gasteiger partial charge in [0.2, 0.25) is 0 Å². The maximum atomic E-state index is 13.6. The zero-order valence-corrected chi connectivity index (χ0v) is 21.1. The number of methoxy groups -OCH3 is 1. The van der Waals surface area contributed by atoms with Crippen LogP contribution in [0, 0.1) is 16.0 Å². The Kier molecular flexibility index (Phi) is 9.16. The first-order valence-corrected chi connectivity index (χ1v) is 11.4. The average molecular weight is 488 g/mol. The summed E-state index contributed by atoms with van der Waals surface area (Å²) in [5.74, 6) is -2.70. The molecule has 1 aliphatic rings. The number of carbonyl (C=O) groups is 3. The molecule has 1 amide bonds. The molecule has 1 aliphatic heterocycles. The number of nitrogens with one attached hydrogen (secondary N) is 2. The van der Waals surface area contributed by atoms with E-state index in [1.807, 2.05) is 13.8 Å². The van der Waals surface area contributed by atoms with Crippen molar-refractivity contribution in [3.05, 3.63) is 62.5 Å². The summed E-state index contributed by atoms with van der Waals surface area (Å²) in [6.07, 6.45) is -0.0795. The van der Waals surface area contributed by atoms with E-state index in [1.54, 1.807) is 33.8 Å². The molecule has 1 aromatic carbocycles. The molecule has 1 aromatic rings. The van der Waals surface area contributed by atoms with Gasteiger partial charge in [0, 0.05) is 29.1 Å². The maximum Gasteiger partial charge on any atom is 0.337 e. The highest BCUT2D eigenvalue weighted by Crippen LogP contribution is 2.40.